The molecule has 0 saturated carbocycles. The van der Waals surface area contributed by atoms with Gasteiger partial charge in [0.15, 0.2) is 0 Å². The topological polar surface area (TPSA) is 15.8 Å². The summed E-state index contributed by atoms with van der Waals surface area (Å²) in [5.74, 6) is 0. The van der Waals surface area contributed by atoms with Crippen LogP contribution in [-0.2, 0) is 0 Å². The number of para-hydroxylation sites is 1. The molecule has 1 heterocycles. The fourth-order valence-electron chi connectivity index (χ4n) is 3.28. The highest BCUT2D eigenvalue weighted by Crippen LogP contribution is 2.26. The summed E-state index contributed by atoms with van der Waals surface area (Å²) in [5, 5.41) is 2.66. The molecule has 0 unspecified atom stereocenters. The number of aromatic amines is 1. The van der Waals surface area contributed by atoms with Crippen LogP contribution in [0, 0.1) is 0 Å². The van der Waals surface area contributed by atoms with Crippen LogP contribution < -0.4 is 10.9 Å². The zero-order valence-electron chi connectivity index (χ0n) is 12.3. The number of rotatable bonds is 1. The quantitative estimate of drug-likeness (QED) is 0.503. The van der Waals surface area contributed by atoms with E-state index in [4.69, 9.17) is 0 Å². The molecule has 0 fully saturated rings. The van der Waals surface area contributed by atoms with E-state index in [1.807, 2.05) is 0 Å². The molecular formula is C18H15B2N. The van der Waals surface area contributed by atoms with Gasteiger partial charge in [0.25, 0.3) is 0 Å². The number of aromatic nitrogens is 1. The first kappa shape index (κ1) is 12.3. The number of fused-ring (bicyclic) bond motifs is 3. The Morgan fingerprint density at radius 1 is 0.810 bits per heavy atom. The fraction of sp³-hybridized carbons (Fsp3) is 0. The van der Waals surface area contributed by atoms with Crippen LogP contribution in [0.25, 0.3) is 32.9 Å². The van der Waals surface area contributed by atoms with Crippen molar-refractivity contribution in [2.24, 2.45) is 0 Å². The van der Waals surface area contributed by atoms with Crippen molar-refractivity contribution in [1.82, 2.24) is 4.98 Å². The van der Waals surface area contributed by atoms with Gasteiger partial charge < -0.3 is 4.98 Å². The molecule has 0 aliphatic heterocycles. The van der Waals surface area contributed by atoms with Gasteiger partial charge in [-0.2, -0.15) is 0 Å². The molecule has 1 nitrogen and oxygen atoms in total. The average Bonchev–Trinajstić information content (AvgIpc) is 2.92. The molecular weight excluding hydrogens is 252 g/mol. The van der Waals surface area contributed by atoms with Gasteiger partial charge in [0.1, 0.15) is 15.7 Å². The van der Waals surface area contributed by atoms with E-state index in [0.29, 0.717) is 0 Å². The number of H-pyrrole nitrogens is 1. The Bertz CT molecular complexity index is 955. The third-order valence-corrected chi connectivity index (χ3v) is 4.33. The Hall–Kier alpha value is -2.41. The van der Waals surface area contributed by atoms with Gasteiger partial charge in [-0.15, -0.1) is 0 Å². The molecule has 1 N–H and O–H groups in total. The van der Waals surface area contributed by atoms with E-state index in [0.717, 1.165) is 0 Å². The first-order valence-corrected chi connectivity index (χ1v) is 7.32. The molecule has 0 aliphatic carbocycles. The Kier molecular flexibility index (Phi) is 2.68. The normalized spacial score (nSPS) is 11.2. The van der Waals surface area contributed by atoms with Gasteiger partial charge >= 0.3 is 0 Å². The van der Waals surface area contributed by atoms with Crippen LogP contribution in [0.4, 0.5) is 0 Å². The molecule has 3 aromatic carbocycles. The molecule has 0 bridgehead atoms. The summed E-state index contributed by atoms with van der Waals surface area (Å²) in [6.45, 7) is 0. The maximum absolute atomic E-state index is 3.60. The van der Waals surface area contributed by atoms with E-state index in [1.165, 1.54) is 43.9 Å². The third-order valence-electron chi connectivity index (χ3n) is 4.33. The minimum atomic E-state index is 1.21. The summed E-state index contributed by atoms with van der Waals surface area (Å²) in [6.07, 6.45) is 0. The van der Waals surface area contributed by atoms with Gasteiger partial charge in [0, 0.05) is 21.8 Å². The zero-order chi connectivity index (χ0) is 14.4. The van der Waals surface area contributed by atoms with Crippen molar-refractivity contribution < 1.29 is 0 Å². The average molecular weight is 267 g/mol. The highest BCUT2D eigenvalue weighted by atomic mass is 14.7. The summed E-state index contributed by atoms with van der Waals surface area (Å²) in [5.41, 5.74) is 7.70. The summed E-state index contributed by atoms with van der Waals surface area (Å²) >= 11 is 0. The summed E-state index contributed by atoms with van der Waals surface area (Å²) < 4.78 is 0. The number of hydrogen-bond donors (Lipinski definition) is 1. The van der Waals surface area contributed by atoms with E-state index in [2.05, 4.69) is 81.3 Å². The van der Waals surface area contributed by atoms with E-state index in [-0.39, 0.29) is 0 Å². The molecule has 1 aromatic heterocycles. The second-order valence-electron chi connectivity index (χ2n) is 5.65. The van der Waals surface area contributed by atoms with Crippen molar-refractivity contribution in [2.75, 3.05) is 0 Å². The molecule has 0 radical (unpaired) electrons. The predicted molar refractivity (Wildman–Crippen MR) is 97.6 cm³/mol. The lowest BCUT2D eigenvalue weighted by Gasteiger charge is -2.10. The SMILES string of the molecule is Bc1c(-c2ccccc2)cc(B)c2c1[nH]c1ccccc12. The lowest BCUT2D eigenvalue weighted by Crippen LogP contribution is -2.16. The second-order valence-corrected chi connectivity index (χ2v) is 5.65. The third kappa shape index (κ3) is 1.81. The molecule has 3 heteroatoms. The van der Waals surface area contributed by atoms with Gasteiger partial charge in [-0.1, -0.05) is 65.5 Å². The van der Waals surface area contributed by atoms with Crippen LogP contribution in [0.2, 0.25) is 0 Å². The highest BCUT2D eigenvalue weighted by molar-refractivity contribution is 6.49. The lowest BCUT2D eigenvalue weighted by atomic mass is 9.79. The number of benzene rings is 3. The Morgan fingerprint density at radius 3 is 2.33 bits per heavy atom. The van der Waals surface area contributed by atoms with Crippen LogP contribution in [0.1, 0.15) is 0 Å². The van der Waals surface area contributed by atoms with Crippen molar-refractivity contribution in [3.05, 3.63) is 60.7 Å². The minimum absolute atomic E-state index is 1.21. The molecule has 0 aliphatic rings. The molecule has 0 atom stereocenters. The minimum Gasteiger partial charge on any atom is -0.355 e. The zero-order valence-corrected chi connectivity index (χ0v) is 12.3. The second kappa shape index (κ2) is 4.56. The van der Waals surface area contributed by atoms with Crippen molar-refractivity contribution in [3.8, 4) is 11.1 Å². The summed E-state index contributed by atoms with van der Waals surface area (Å²) in [4.78, 5) is 3.60. The number of nitrogens with one attached hydrogen (secondary N) is 1. The smallest absolute Gasteiger partial charge is 0.142 e. The fourth-order valence-corrected chi connectivity index (χ4v) is 3.28. The Morgan fingerprint density at radius 2 is 1.52 bits per heavy atom. The molecule has 4 rings (SSSR count). The van der Waals surface area contributed by atoms with Gasteiger partial charge in [0.2, 0.25) is 0 Å². The van der Waals surface area contributed by atoms with Crippen molar-refractivity contribution in [1.29, 1.82) is 0 Å². The van der Waals surface area contributed by atoms with E-state index in [9.17, 15) is 0 Å². The van der Waals surface area contributed by atoms with E-state index < -0.39 is 0 Å². The van der Waals surface area contributed by atoms with Crippen molar-refractivity contribution >= 4 is 48.4 Å². The summed E-state index contributed by atoms with van der Waals surface area (Å²) in [6, 6.07) is 21.5. The van der Waals surface area contributed by atoms with Crippen LogP contribution >= 0.6 is 0 Å². The molecule has 98 valence electrons. The van der Waals surface area contributed by atoms with Crippen molar-refractivity contribution in [3.63, 3.8) is 0 Å². The maximum Gasteiger partial charge on any atom is 0.142 e. The van der Waals surface area contributed by atoms with Gasteiger partial charge in [0.05, 0.1) is 0 Å². The molecule has 0 spiro atoms. The molecule has 4 aromatic rings. The van der Waals surface area contributed by atoms with Crippen molar-refractivity contribution in [2.45, 2.75) is 0 Å². The first-order valence-electron chi connectivity index (χ1n) is 7.32. The highest BCUT2D eigenvalue weighted by Gasteiger charge is 2.12. The maximum atomic E-state index is 3.60. The monoisotopic (exact) mass is 267 g/mol. The first-order chi connectivity index (χ1) is 10.3. The van der Waals surface area contributed by atoms with Crippen LogP contribution in [0.3, 0.4) is 0 Å². The molecule has 0 amide bonds. The number of hydrogen-bond acceptors (Lipinski definition) is 0. The summed E-state index contributed by atoms with van der Waals surface area (Å²) in [7, 11) is 4.41. The van der Waals surface area contributed by atoms with E-state index in [1.54, 1.807) is 0 Å². The molecule has 21 heavy (non-hydrogen) atoms. The van der Waals surface area contributed by atoms with Gasteiger partial charge in [-0.3, -0.25) is 0 Å². The van der Waals surface area contributed by atoms with E-state index >= 15 is 0 Å². The predicted octanol–water partition coefficient (Wildman–Crippen LogP) is 1.50. The molecule has 0 saturated heterocycles. The van der Waals surface area contributed by atoms with Gasteiger partial charge in [-0.25, -0.2) is 0 Å². The van der Waals surface area contributed by atoms with Crippen LogP contribution in [0.15, 0.2) is 60.7 Å². The largest absolute Gasteiger partial charge is 0.355 e. The van der Waals surface area contributed by atoms with Crippen LogP contribution in [0.5, 0.6) is 0 Å². The van der Waals surface area contributed by atoms with Gasteiger partial charge in [-0.05, 0) is 17.2 Å². The lowest BCUT2D eigenvalue weighted by molar-refractivity contribution is 1.56. The standard InChI is InChI=1S/C18H15B2N/c19-14-10-13(11-6-2-1-3-7-11)17(20)18-16(14)12-8-4-5-9-15(12)21-18/h1-10,21H,19-20H2. The Balaban J connectivity index is 2.13. The Labute approximate surface area is 125 Å². The van der Waals surface area contributed by atoms with Crippen LogP contribution in [-0.4, -0.2) is 20.7 Å².